The van der Waals surface area contributed by atoms with Gasteiger partial charge in [-0.25, -0.2) is 0 Å². The van der Waals surface area contributed by atoms with Gasteiger partial charge in [-0.1, -0.05) is 47.6 Å². The van der Waals surface area contributed by atoms with Gasteiger partial charge in [-0.2, -0.15) is 4.98 Å². The van der Waals surface area contributed by atoms with Crippen LogP contribution in [0.3, 0.4) is 0 Å². The van der Waals surface area contributed by atoms with Crippen molar-refractivity contribution < 1.29 is 14.1 Å². The summed E-state index contributed by atoms with van der Waals surface area (Å²) in [5, 5.41) is 3.97. The van der Waals surface area contributed by atoms with E-state index in [2.05, 4.69) is 10.1 Å². The van der Waals surface area contributed by atoms with Gasteiger partial charge in [-0.05, 0) is 31.5 Å². The summed E-state index contributed by atoms with van der Waals surface area (Å²) in [5.74, 6) is 1.39. The molecule has 3 rings (SSSR count). The number of benzene rings is 2. The Kier molecular flexibility index (Phi) is 5.31. The molecule has 0 saturated heterocycles. The number of nitrogens with zero attached hydrogens (tertiary/aromatic N) is 3. The molecule has 134 valence electrons. The van der Waals surface area contributed by atoms with Crippen molar-refractivity contribution in [3.8, 4) is 17.1 Å². The second-order valence-electron chi connectivity index (χ2n) is 6.15. The van der Waals surface area contributed by atoms with Crippen LogP contribution < -0.4 is 4.74 Å². The molecule has 3 aromatic rings. The van der Waals surface area contributed by atoms with Crippen molar-refractivity contribution in [2.24, 2.45) is 0 Å². The third-order valence-electron chi connectivity index (χ3n) is 3.90. The van der Waals surface area contributed by atoms with Crippen LogP contribution in [-0.4, -0.2) is 34.1 Å². The second-order valence-corrected chi connectivity index (χ2v) is 6.15. The number of carbonyl (C=O) groups excluding carboxylic acids is 1. The standard InChI is InChI=1S/C20H21N3O3/c1-14-8-7-11-17(12-14)25-15(2)20(24)23(3)13-18-21-19(22-26-18)16-9-5-4-6-10-16/h4-12,15H,13H2,1-3H3/t15-/m1/s1. The van der Waals surface area contributed by atoms with Crippen molar-refractivity contribution in [1.29, 1.82) is 0 Å². The predicted molar refractivity (Wildman–Crippen MR) is 97.5 cm³/mol. The number of amides is 1. The van der Waals surface area contributed by atoms with E-state index in [1.807, 2.05) is 61.5 Å². The Morgan fingerprint density at radius 1 is 1.19 bits per heavy atom. The van der Waals surface area contributed by atoms with Crippen LogP contribution in [-0.2, 0) is 11.3 Å². The largest absolute Gasteiger partial charge is 0.481 e. The topological polar surface area (TPSA) is 68.5 Å². The molecule has 1 heterocycles. The maximum Gasteiger partial charge on any atom is 0.263 e. The number of ether oxygens (including phenoxy) is 1. The quantitative estimate of drug-likeness (QED) is 0.680. The van der Waals surface area contributed by atoms with Gasteiger partial charge in [-0.3, -0.25) is 4.79 Å². The van der Waals surface area contributed by atoms with Crippen molar-refractivity contribution in [2.75, 3.05) is 7.05 Å². The molecule has 0 aliphatic carbocycles. The van der Waals surface area contributed by atoms with Gasteiger partial charge in [0.05, 0.1) is 6.54 Å². The SMILES string of the molecule is Cc1cccc(O[C@H](C)C(=O)N(C)Cc2nc(-c3ccccc3)no2)c1. The fourth-order valence-electron chi connectivity index (χ4n) is 2.56. The molecule has 0 saturated carbocycles. The molecule has 0 fully saturated rings. The highest BCUT2D eigenvalue weighted by Gasteiger charge is 2.21. The predicted octanol–water partition coefficient (Wildman–Crippen LogP) is 3.47. The molecule has 0 aliphatic heterocycles. The molecule has 0 spiro atoms. The number of carbonyl (C=O) groups is 1. The zero-order valence-electron chi connectivity index (χ0n) is 15.0. The lowest BCUT2D eigenvalue weighted by molar-refractivity contribution is -0.137. The van der Waals surface area contributed by atoms with E-state index < -0.39 is 6.10 Å². The van der Waals surface area contributed by atoms with E-state index in [0.29, 0.717) is 17.5 Å². The Hall–Kier alpha value is -3.15. The molecule has 0 aliphatic rings. The molecule has 6 nitrogen and oxygen atoms in total. The smallest absolute Gasteiger partial charge is 0.263 e. The van der Waals surface area contributed by atoms with Gasteiger partial charge in [0.1, 0.15) is 5.75 Å². The number of rotatable bonds is 6. The van der Waals surface area contributed by atoms with Crippen molar-refractivity contribution in [1.82, 2.24) is 15.0 Å². The summed E-state index contributed by atoms with van der Waals surface area (Å²) in [6.45, 7) is 3.93. The van der Waals surface area contributed by atoms with E-state index in [1.54, 1.807) is 14.0 Å². The fraction of sp³-hybridized carbons (Fsp3) is 0.250. The molecule has 0 bridgehead atoms. The first-order valence-electron chi connectivity index (χ1n) is 8.39. The Bertz CT molecular complexity index is 877. The highest BCUT2D eigenvalue weighted by Crippen LogP contribution is 2.17. The summed E-state index contributed by atoms with van der Waals surface area (Å²) in [6, 6.07) is 17.2. The Morgan fingerprint density at radius 3 is 2.69 bits per heavy atom. The lowest BCUT2D eigenvalue weighted by atomic mass is 10.2. The van der Waals surface area contributed by atoms with Crippen molar-refractivity contribution in [2.45, 2.75) is 26.5 Å². The van der Waals surface area contributed by atoms with Crippen LogP contribution in [0.2, 0.25) is 0 Å². The van der Waals surface area contributed by atoms with Crippen molar-refractivity contribution in [3.05, 3.63) is 66.1 Å². The molecule has 1 atom stereocenters. The van der Waals surface area contributed by atoms with Gasteiger partial charge < -0.3 is 14.2 Å². The molecular formula is C20H21N3O3. The van der Waals surface area contributed by atoms with Crippen LogP contribution in [0.5, 0.6) is 5.75 Å². The van der Waals surface area contributed by atoms with Crippen LogP contribution >= 0.6 is 0 Å². The molecule has 0 unspecified atom stereocenters. The highest BCUT2D eigenvalue weighted by atomic mass is 16.5. The molecule has 1 aromatic heterocycles. The summed E-state index contributed by atoms with van der Waals surface area (Å²) in [5.41, 5.74) is 1.95. The van der Waals surface area contributed by atoms with Gasteiger partial charge in [-0.15, -0.1) is 0 Å². The molecule has 26 heavy (non-hydrogen) atoms. The molecule has 6 heteroatoms. The van der Waals surface area contributed by atoms with Crippen LogP contribution in [0.1, 0.15) is 18.4 Å². The normalized spacial score (nSPS) is 11.8. The first-order valence-corrected chi connectivity index (χ1v) is 8.39. The van der Waals surface area contributed by atoms with Crippen LogP contribution in [0.4, 0.5) is 0 Å². The zero-order chi connectivity index (χ0) is 18.5. The van der Waals surface area contributed by atoms with E-state index in [4.69, 9.17) is 9.26 Å². The minimum atomic E-state index is -0.613. The average Bonchev–Trinajstić information content (AvgIpc) is 3.10. The zero-order valence-corrected chi connectivity index (χ0v) is 15.0. The minimum Gasteiger partial charge on any atom is -0.481 e. The lowest BCUT2D eigenvalue weighted by Crippen LogP contribution is -2.37. The first-order chi connectivity index (χ1) is 12.5. The monoisotopic (exact) mass is 351 g/mol. The van der Waals surface area contributed by atoms with E-state index in [0.717, 1.165) is 11.1 Å². The molecular weight excluding hydrogens is 330 g/mol. The Labute approximate surface area is 152 Å². The number of likely N-dealkylation sites (N-methyl/N-ethyl adjacent to an activating group) is 1. The van der Waals surface area contributed by atoms with E-state index in [9.17, 15) is 4.79 Å². The highest BCUT2D eigenvalue weighted by molar-refractivity contribution is 5.80. The van der Waals surface area contributed by atoms with Gasteiger partial charge in [0, 0.05) is 12.6 Å². The maximum atomic E-state index is 12.5. The summed E-state index contributed by atoms with van der Waals surface area (Å²) < 4.78 is 11.0. The molecule has 1 amide bonds. The number of aromatic nitrogens is 2. The third kappa shape index (κ3) is 4.27. The van der Waals surface area contributed by atoms with E-state index in [-0.39, 0.29) is 12.5 Å². The Morgan fingerprint density at radius 2 is 1.96 bits per heavy atom. The van der Waals surface area contributed by atoms with Crippen LogP contribution in [0, 0.1) is 6.92 Å². The molecule has 2 aromatic carbocycles. The lowest BCUT2D eigenvalue weighted by Gasteiger charge is -2.20. The summed E-state index contributed by atoms with van der Waals surface area (Å²) in [6.07, 6.45) is -0.613. The van der Waals surface area contributed by atoms with Gasteiger partial charge in [0.25, 0.3) is 5.91 Å². The van der Waals surface area contributed by atoms with Crippen LogP contribution in [0.15, 0.2) is 59.1 Å². The summed E-state index contributed by atoms with van der Waals surface area (Å²) in [7, 11) is 1.69. The number of hydrogen-bond donors (Lipinski definition) is 0. The average molecular weight is 351 g/mol. The van der Waals surface area contributed by atoms with E-state index >= 15 is 0 Å². The molecule has 0 radical (unpaired) electrons. The van der Waals surface area contributed by atoms with Gasteiger partial charge in [0.2, 0.25) is 11.7 Å². The van der Waals surface area contributed by atoms with Gasteiger partial charge in [0.15, 0.2) is 6.10 Å². The van der Waals surface area contributed by atoms with Crippen molar-refractivity contribution in [3.63, 3.8) is 0 Å². The van der Waals surface area contributed by atoms with Gasteiger partial charge >= 0.3 is 0 Å². The summed E-state index contributed by atoms with van der Waals surface area (Å²) in [4.78, 5) is 18.4. The maximum absolute atomic E-state index is 12.5. The third-order valence-corrected chi connectivity index (χ3v) is 3.90. The first kappa shape index (κ1) is 17.7. The summed E-state index contributed by atoms with van der Waals surface area (Å²) >= 11 is 0. The minimum absolute atomic E-state index is 0.161. The fourth-order valence-corrected chi connectivity index (χ4v) is 2.56. The van der Waals surface area contributed by atoms with Crippen LogP contribution in [0.25, 0.3) is 11.4 Å². The molecule has 0 N–H and O–H groups in total. The number of hydrogen-bond acceptors (Lipinski definition) is 5. The van der Waals surface area contributed by atoms with Crippen molar-refractivity contribution >= 4 is 5.91 Å². The van der Waals surface area contributed by atoms with E-state index in [1.165, 1.54) is 4.90 Å². The number of aryl methyl sites for hydroxylation is 1. The Balaban J connectivity index is 1.61. The second kappa shape index (κ2) is 7.82.